The SMILES string of the molecule is Cc1ccc(-c2nccc3[nH]c(-c4n[nH]c5ccc(-c6cncc(CN7CCC(F)(F)C7)c6)nc45)nc23)s1. The molecule has 0 amide bonds. The zero-order chi connectivity index (χ0) is 25.9. The fourth-order valence-electron chi connectivity index (χ4n) is 4.93. The first-order valence-electron chi connectivity index (χ1n) is 12.2. The molecule has 0 saturated carbocycles. The molecule has 8 nitrogen and oxygen atoms in total. The van der Waals surface area contributed by atoms with Gasteiger partial charge in [0, 0.05) is 48.5 Å². The van der Waals surface area contributed by atoms with Crippen molar-refractivity contribution in [2.45, 2.75) is 25.8 Å². The van der Waals surface area contributed by atoms with Crippen LogP contribution in [0.5, 0.6) is 0 Å². The van der Waals surface area contributed by atoms with Crippen LogP contribution in [0.3, 0.4) is 0 Å². The first-order chi connectivity index (χ1) is 18.4. The second-order valence-electron chi connectivity index (χ2n) is 9.61. The maximum absolute atomic E-state index is 13.6. The molecule has 0 spiro atoms. The minimum atomic E-state index is -2.62. The van der Waals surface area contributed by atoms with Gasteiger partial charge in [-0.2, -0.15) is 5.10 Å². The van der Waals surface area contributed by atoms with Crippen LogP contribution in [0.4, 0.5) is 8.78 Å². The van der Waals surface area contributed by atoms with E-state index in [1.165, 1.54) is 4.88 Å². The molecule has 0 aliphatic carbocycles. The number of likely N-dealkylation sites (tertiary alicyclic amines) is 1. The van der Waals surface area contributed by atoms with Crippen LogP contribution in [0.15, 0.2) is 55.0 Å². The summed E-state index contributed by atoms with van der Waals surface area (Å²) in [4.78, 5) is 26.1. The van der Waals surface area contributed by atoms with Crippen LogP contribution in [0.2, 0.25) is 0 Å². The Kier molecular flexibility index (Phi) is 5.31. The molecule has 190 valence electrons. The van der Waals surface area contributed by atoms with Crippen molar-refractivity contribution >= 4 is 33.4 Å². The Morgan fingerprint density at radius 1 is 1.03 bits per heavy atom. The number of thiophene rings is 1. The van der Waals surface area contributed by atoms with Crippen molar-refractivity contribution in [3.63, 3.8) is 0 Å². The molecule has 11 heteroatoms. The number of hydrogen-bond acceptors (Lipinski definition) is 7. The van der Waals surface area contributed by atoms with Gasteiger partial charge in [-0.05, 0) is 48.9 Å². The summed E-state index contributed by atoms with van der Waals surface area (Å²) in [7, 11) is 0. The molecule has 1 fully saturated rings. The van der Waals surface area contributed by atoms with Crippen molar-refractivity contribution in [1.29, 1.82) is 0 Å². The first kappa shape index (κ1) is 23.1. The first-order valence-corrected chi connectivity index (χ1v) is 13.0. The average Bonchev–Trinajstić information content (AvgIpc) is 3.69. The number of aryl methyl sites for hydroxylation is 1. The molecule has 0 atom stereocenters. The lowest BCUT2D eigenvalue weighted by Crippen LogP contribution is -2.24. The maximum atomic E-state index is 13.6. The van der Waals surface area contributed by atoms with Gasteiger partial charge < -0.3 is 4.98 Å². The lowest BCUT2D eigenvalue weighted by Gasteiger charge is -2.15. The monoisotopic (exact) mass is 528 g/mol. The summed E-state index contributed by atoms with van der Waals surface area (Å²) in [5.74, 6) is -2.02. The summed E-state index contributed by atoms with van der Waals surface area (Å²) < 4.78 is 27.3. The van der Waals surface area contributed by atoms with Crippen LogP contribution < -0.4 is 0 Å². The van der Waals surface area contributed by atoms with E-state index in [-0.39, 0.29) is 13.0 Å². The van der Waals surface area contributed by atoms with Crippen LogP contribution in [-0.4, -0.2) is 59.0 Å². The quantitative estimate of drug-likeness (QED) is 0.292. The minimum Gasteiger partial charge on any atom is -0.336 e. The van der Waals surface area contributed by atoms with Crippen molar-refractivity contribution in [3.8, 4) is 33.3 Å². The smallest absolute Gasteiger partial charge is 0.261 e. The van der Waals surface area contributed by atoms with Gasteiger partial charge in [0.05, 0.1) is 28.1 Å². The van der Waals surface area contributed by atoms with Crippen LogP contribution in [0.1, 0.15) is 16.9 Å². The van der Waals surface area contributed by atoms with E-state index >= 15 is 0 Å². The Hall–Kier alpha value is -4.09. The van der Waals surface area contributed by atoms with Crippen LogP contribution in [0, 0.1) is 6.92 Å². The predicted molar refractivity (Wildman–Crippen MR) is 143 cm³/mol. The Balaban J connectivity index is 1.24. The van der Waals surface area contributed by atoms with Gasteiger partial charge in [0.25, 0.3) is 5.92 Å². The fourth-order valence-corrected chi connectivity index (χ4v) is 5.79. The van der Waals surface area contributed by atoms with E-state index in [9.17, 15) is 8.78 Å². The molecule has 1 aliphatic heterocycles. The van der Waals surface area contributed by atoms with Gasteiger partial charge in [-0.1, -0.05) is 0 Å². The fraction of sp³-hybridized carbons (Fsp3) is 0.222. The van der Waals surface area contributed by atoms with E-state index in [4.69, 9.17) is 9.97 Å². The lowest BCUT2D eigenvalue weighted by molar-refractivity contribution is 0.0115. The van der Waals surface area contributed by atoms with Gasteiger partial charge in [0.2, 0.25) is 0 Å². The number of hydrogen-bond donors (Lipinski definition) is 2. The minimum absolute atomic E-state index is 0.103. The highest BCUT2D eigenvalue weighted by Gasteiger charge is 2.37. The third-order valence-electron chi connectivity index (χ3n) is 6.75. The third kappa shape index (κ3) is 4.13. The van der Waals surface area contributed by atoms with Gasteiger partial charge in [-0.25, -0.2) is 18.7 Å². The van der Waals surface area contributed by atoms with Crippen molar-refractivity contribution in [2.75, 3.05) is 13.1 Å². The number of rotatable bonds is 5. The number of H-pyrrole nitrogens is 2. The van der Waals surface area contributed by atoms with Crippen molar-refractivity contribution in [3.05, 3.63) is 65.4 Å². The summed E-state index contributed by atoms with van der Waals surface area (Å²) >= 11 is 1.68. The number of alkyl halides is 2. The summed E-state index contributed by atoms with van der Waals surface area (Å²) in [6.07, 6.45) is 5.12. The molecule has 0 aromatic carbocycles. The molecule has 6 aromatic rings. The second-order valence-corrected chi connectivity index (χ2v) is 10.9. The molecule has 0 unspecified atom stereocenters. The standard InChI is InChI=1S/C27H22F2N8S/c1-15-2-5-21(38-15)24-22-19(6-8-31-24)33-26(34-22)25-23-20(35-36-25)4-3-18(32-23)17-10-16(11-30-12-17)13-37-9-7-27(28,29)14-37/h2-6,8,10-12H,7,9,13-14H2,1H3,(H,33,34)(H,35,36). The van der Waals surface area contributed by atoms with E-state index in [0.29, 0.717) is 35.8 Å². The normalized spacial score (nSPS) is 15.7. The van der Waals surface area contributed by atoms with Crippen molar-refractivity contribution < 1.29 is 8.78 Å². The van der Waals surface area contributed by atoms with Crippen LogP contribution in [-0.2, 0) is 6.54 Å². The third-order valence-corrected chi connectivity index (χ3v) is 7.76. The highest BCUT2D eigenvalue weighted by molar-refractivity contribution is 7.15. The van der Waals surface area contributed by atoms with E-state index in [0.717, 1.165) is 38.2 Å². The Labute approximate surface area is 219 Å². The number of imidazole rings is 1. The maximum Gasteiger partial charge on any atom is 0.261 e. The number of aromatic amines is 2. The molecular formula is C27H22F2N8S. The van der Waals surface area contributed by atoms with E-state index in [1.54, 1.807) is 34.8 Å². The lowest BCUT2D eigenvalue weighted by atomic mass is 10.1. The highest BCUT2D eigenvalue weighted by Crippen LogP contribution is 2.34. The summed E-state index contributed by atoms with van der Waals surface area (Å²) in [5, 5.41) is 7.56. The molecule has 0 bridgehead atoms. The molecule has 1 aliphatic rings. The average molecular weight is 529 g/mol. The van der Waals surface area contributed by atoms with E-state index < -0.39 is 5.92 Å². The Morgan fingerprint density at radius 3 is 2.74 bits per heavy atom. The topological polar surface area (TPSA) is 99.3 Å². The molecule has 2 N–H and O–H groups in total. The Bertz CT molecular complexity index is 1800. The van der Waals surface area contributed by atoms with Crippen molar-refractivity contribution in [2.24, 2.45) is 0 Å². The van der Waals surface area contributed by atoms with Crippen molar-refractivity contribution in [1.82, 2.24) is 40.0 Å². The molecule has 6 aromatic heterocycles. The molecular weight excluding hydrogens is 506 g/mol. The largest absolute Gasteiger partial charge is 0.336 e. The predicted octanol–water partition coefficient (Wildman–Crippen LogP) is 5.84. The van der Waals surface area contributed by atoms with Crippen LogP contribution in [0.25, 0.3) is 55.4 Å². The molecule has 1 saturated heterocycles. The summed E-state index contributed by atoms with van der Waals surface area (Å²) in [6.45, 7) is 2.65. The summed E-state index contributed by atoms with van der Waals surface area (Å²) in [5.41, 5.74) is 6.93. The number of nitrogens with zero attached hydrogens (tertiary/aromatic N) is 6. The molecule has 38 heavy (non-hydrogen) atoms. The van der Waals surface area contributed by atoms with Gasteiger partial charge in [-0.15, -0.1) is 11.3 Å². The van der Waals surface area contributed by atoms with Gasteiger partial charge in [0.15, 0.2) is 11.5 Å². The number of aromatic nitrogens is 7. The second kappa shape index (κ2) is 8.74. The van der Waals surface area contributed by atoms with E-state index in [2.05, 4.69) is 44.2 Å². The molecule has 7 rings (SSSR count). The number of nitrogens with one attached hydrogen (secondary N) is 2. The zero-order valence-electron chi connectivity index (χ0n) is 20.4. The van der Waals surface area contributed by atoms with Gasteiger partial charge in [0.1, 0.15) is 16.7 Å². The van der Waals surface area contributed by atoms with Crippen LogP contribution >= 0.6 is 11.3 Å². The molecule has 0 radical (unpaired) electrons. The molecule has 7 heterocycles. The van der Waals surface area contributed by atoms with Gasteiger partial charge in [-0.3, -0.25) is 20.0 Å². The summed E-state index contributed by atoms with van der Waals surface area (Å²) in [6, 6.07) is 11.8. The Morgan fingerprint density at radius 2 is 1.92 bits per heavy atom. The number of halogens is 2. The number of pyridine rings is 3. The number of fused-ring (bicyclic) bond motifs is 2. The van der Waals surface area contributed by atoms with E-state index in [1.807, 2.05) is 24.3 Å². The van der Waals surface area contributed by atoms with Gasteiger partial charge >= 0.3 is 0 Å². The highest BCUT2D eigenvalue weighted by atomic mass is 32.1. The zero-order valence-corrected chi connectivity index (χ0v) is 21.2.